The lowest BCUT2D eigenvalue weighted by Crippen LogP contribution is -2.21. The maximum atomic E-state index is 6.06. The van der Waals surface area contributed by atoms with Crippen molar-refractivity contribution in [3.8, 4) is 5.69 Å². The highest BCUT2D eigenvalue weighted by molar-refractivity contribution is 6.30. The number of benzene rings is 1. The number of halogens is 1. The van der Waals surface area contributed by atoms with Crippen molar-refractivity contribution in [1.82, 2.24) is 19.7 Å². The van der Waals surface area contributed by atoms with Crippen LogP contribution in [-0.4, -0.2) is 25.8 Å². The molecule has 1 aromatic carbocycles. The fourth-order valence-corrected chi connectivity index (χ4v) is 3.14. The van der Waals surface area contributed by atoms with Gasteiger partial charge in [0.05, 0.1) is 18.1 Å². The summed E-state index contributed by atoms with van der Waals surface area (Å²) in [6, 6.07) is 8.35. The number of nitrogens with one attached hydrogen (secondary N) is 1. The third-order valence-electron chi connectivity index (χ3n) is 4.06. The van der Waals surface area contributed by atoms with E-state index in [9.17, 15) is 0 Å². The Morgan fingerprint density at radius 2 is 1.91 bits per heavy atom. The zero-order valence-corrected chi connectivity index (χ0v) is 13.5. The molecule has 4 rings (SSSR count). The number of hydrogen-bond donors (Lipinski definition) is 1. The summed E-state index contributed by atoms with van der Waals surface area (Å²) >= 11 is 6.06. The quantitative estimate of drug-likeness (QED) is 0.803. The molecule has 1 aliphatic carbocycles. The molecule has 116 valence electrons. The summed E-state index contributed by atoms with van der Waals surface area (Å²) in [6.45, 7) is 1.96. The predicted octanol–water partition coefficient (Wildman–Crippen LogP) is 3.20. The van der Waals surface area contributed by atoms with E-state index in [1.807, 2.05) is 31.3 Å². The molecular formula is C17H16ClN5. The van der Waals surface area contributed by atoms with Crippen molar-refractivity contribution in [2.24, 2.45) is 0 Å². The van der Waals surface area contributed by atoms with Crippen molar-refractivity contribution in [1.29, 1.82) is 0 Å². The minimum Gasteiger partial charge on any atom is -0.351 e. The average Bonchev–Trinajstić information content (AvgIpc) is 3.13. The van der Waals surface area contributed by atoms with Crippen LogP contribution in [0.3, 0.4) is 0 Å². The first-order chi connectivity index (χ1) is 11.2. The first kappa shape index (κ1) is 14.2. The van der Waals surface area contributed by atoms with Crippen LogP contribution in [0.5, 0.6) is 0 Å². The Labute approximate surface area is 139 Å². The molecule has 0 aliphatic heterocycles. The second-order valence-electron chi connectivity index (χ2n) is 5.83. The summed E-state index contributed by atoms with van der Waals surface area (Å²) in [6.07, 6.45) is 7.37. The highest BCUT2D eigenvalue weighted by Crippen LogP contribution is 2.26. The molecule has 2 aromatic heterocycles. The Balaban J connectivity index is 1.46. The van der Waals surface area contributed by atoms with Gasteiger partial charge in [0, 0.05) is 17.3 Å². The Kier molecular flexibility index (Phi) is 3.50. The topological polar surface area (TPSA) is 55.6 Å². The molecule has 1 N–H and O–H groups in total. The van der Waals surface area contributed by atoms with Gasteiger partial charge in [0.2, 0.25) is 5.95 Å². The SMILES string of the molecule is Cc1ccn(-c2cnc(NC3Cc4ccc(Cl)cc4C3)nc2)n1. The molecule has 5 nitrogen and oxygen atoms in total. The van der Waals surface area contributed by atoms with Crippen molar-refractivity contribution in [3.63, 3.8) is 0 Å². The van der Waals surface area contributed by atoms with E-state index in [-0.39, 0.29) is 0 Å². The summed E-state index contributed by atoms with van der Waals surface area (Å²) in [7, 11) is 0. The number of fused-ring (bicyclic) bond motifs is 1. The van der Waals surface area contributed by atoms with E-state index < -0.39 is 0 Å². The molecule has 1 aliphatic rings. The molecule has 6 heteroatoms. The number of aromatic nitrogens is 4. The molecule has 0 spiro atoms. The third kappa shape index (κ3) is 2.92. The standard InChI is InChI=1S/C17H16ClN5/c1-11-4-5-23(22-11)16-9-19-17(20-10-16)21-15-7-12-2-3-14(18)6-13(12)8-15/h2-6,9-10,15H,7-8H2,1H3,(H,19,20,21). The molecule has 1 atom stereocenters. The van der Waals surface area contributed by atoms with Gasteiger partial charge < -0.3 is 5.32 Å². The van der Waals surface area contributed by atoms with Crippen LogP contribution in [0.2, 0.25) is 5.02 Å². The van der Waals surface area contributed by atoms with Crippen LogP contribution < -0.4 is 5.32 Å². The first-order valence-corrected chi connectivity index (χ1v) is 7.94. The average molecular weight is 326 g/mol. The first-order valence-electron chi connectivity index (χ1n) is 7.56. The van der Waals surface area contributed by atoms with E-state index in [0.717, 1.165) is 29.2 Å². The fraction of sp³-hybridized carbons (Fsp3) is 0.235. The van der Waals surface area contributed by atoms with Crippen LogP contribution in [0.4, 0.5) is 5.95 Å². The summed E-state index contributed by atoms with van der Waals surface area (Å²) in [5.41, 5.74) is 4.47. The van der Waals surface area contributed by atoms with Gasteiger partial charge in [0.25, 0.3) is 0 Å². The van der Waals surface area contributed by atoms with Crippen LogP contribution in [-0.2, 0) is 12.8 Å². The molecule has 0 fully saturated rings. The lowest BCUT2D eigenvalue weighted by molar-refractivity contribution is 0.759. The van der Waals surface area contributed by atoms with Crippen molar-refractivity contribution in [2.75, 3.05) is 5.32 Å². The van der Waals surface area contributed by atoms with Gasteiger partial charge in [-0.2, -0.15) is 5.10 Å². The van der Waals surface area contributed by atoms with E-state index in [1.165, 1.54) is 11.1 Å². The van der Waals surface area contributed by atoms with Gasteiger partial charge in [0.1, 0.15) is 5.69 Å². The summed E-state index contributed by atoms with van der Waals surface area (Å²) in [5.74, 6) is 0.640. The molecule has 1 unspecified atom stereocenters. The lowest BCUT2D eigenvalue weighted by Gasteiger charge is -2.11. The Hall–Kier alpha value is -2.40. The van der Waals surface area contributed by atoms with Gasteiger partial charge in [-0.05, 0) is 49.1 Å². The summed E-state index contributed by atoms with van der Waals surface area (Å²) < 4.78 is 1.77. The fourth-order valence-electron chi connectivity index (χ4n) is 2.94. The number of aryl methyl sites for hydroxylation is 1. The Morgan fingerprint density at radius 1 is 1.13 bits per heavy atom. The van der Waals surface area contributed by atoms with Gasteiger partial charge in [-0.3, -0.25) is 0 Å². The van der Waals surface area contributed by atoms with Crippen molar-refractivity contribution >= 4 is 17.5 Å². The summed E-state index contributed by atoms with van der Waals surface area (Å²) in [5, 5.41) is 8.54. The molecular weight excluding hydrogens is 310 g/mol. The molecule has 3 aromatic rings. The van der Waals surface area contributed by atoms with Crippen LogP contribution in [0.1, 0.15) is 16.8 Å². The second kappa shape index (κ2) is 5.66. The maximum absolute atomic E-state index is 6.06. The second-order valence-corrected chi connectivity index (χ2v) is 6.27. The van der Waals surface area contributed by atoms with Gasteiger partial charge >= 0.3 is 0 Å². The highest BCUT2D eigenvalue weighted by atomic mass is 35.5. The van der Waals surface area contributed by atoms with Gasteiger partial charge in [-0.25, -0.2) is 14.6 Å². The molecule has 0 amide bonds. The Bertz CT molecular complexity index is 840. The molecule has 23 heavy (non-hydrogen) atoms. The van der Waals surface area contributed by atoms with E-state index >= 15 is 0 Å². The number of rotatable bonds is 3. The minimum absolute atomic E-state index is 0.307. The zero-order valence-electron chi connectivity index (χ0n) is 12.7. The lowest BCUT2D eigenvalue weighted by atomic mass is 10.1. The van der Waals surface area contributed by atoms with E-state index in [1.54, 1.807) is 17.1 Å². The third-order valence-corrected chi connectivity index (χ3v) is 4.29. The zero-order chi connectivity index (χ0) is 15.8. The van der Waals surface area contributed by atoms with Crippen LogP contribution in [0, 0.1) is 6.92 Å². The maximum Gasteiger partial charge on any atom is 0.222 e. The molecule has 0 bridgehead atoms. The largest absolute Gasteiger partial charge is 0.351 e. The number of nitrogens with zero attached hydrogens (tertiary/aromatic N) is 4. The normalized spacial score (nSPS) is 16.3. The molecule has 0 saturated carbocycles. The summed E-state index contributed by atoms with van der Waals surface area (Å²) in [4.78, 5) is 8.80. The Morgan fingerprint density at radius 3 is 2.65 bits per heavy atom. The monoisotopic (exact) mass is 325 g/mol. The van der Waals surface area contributed by atoms with Crippen LogP contribution in [0.25, 0.3) is 5.69 Å². The van der Waals surface area contributed by atoms with Gasteiger partial charge in [0.15, 0.2) is 0 Å². The van der Waals surface area contributed by atoms with Crippen molar-refractivity contribution < 1.29 is 0 Å². The van der Waals surface area contributed by atoms with Crippen molar-refractivity contribution in [2.45, 2.75) is 25.8 Å². The smallest absolute Gasteiger partial charge is 0.222 e. The highest BCUT2D eigenvalue weighted by Gasteiger charge is 2.22. The van der Waals surface area contributed by atoms with Gasteiger partial charge in [-0.15, -0.1) is 0 Å². The van der Waals surface area contributed by atoms with Crippen LogP contribution in [0.15, 0.2) is 42.9 Å². The van der Waals surface area contributed by atoms with E-state index in [4.69, 9.17) is 11.6 Å². The molecule has 0 saturated heterocycles. The number of hydrogen-bond acceptors (Lipinski definition) is 4. The number of anilines is 1. The predicted molar refractivity (Wildman–Crippen MR) is 90.2 cm³/mol. The van der Waals surface area contributed by atoms with E-state index in [0.29, 0.717) is 12.0 Å². The molecule has 0 radical (unpaired) electrons. The minimum atomic E-state index is 0.307. The molecule has 2 heterocycles. The van der Waals surface area contributed by atoms with E-state index in [2.05, 4.69) is 26.4 Å². The van der Waals surface area contributed by atoms with Crippen molar-refractivity contribution in [3.05, 3.63) is 64.7 Å². The van der Waals surface area contributed by atoms with Gasteiger partial charge in [-0.1, -0.05) is 17.7 Å². The van der Waals surface area contributed by atoms with Crippen LogP contribution >= 0.6 is 11.6 Å².